The zero-order valence-corrected chi connectivity index (χ0v) is 8.85. The summed E-state index contributed by atoms with van der Waals surface area (Å²) in [6, 6.07) is 10.1. The van der Waals surface area contributed by atoms with Crippen molar-refractivity contribution in [1.82, 2.24) is 0 Å². The average molecular weight is 212 g/mol. The summed E-state index contributed by atoms with van der Waals surface area (Å²) >= 11 is 0. The fourth-order valence-electron chi connectivity index (χ4n) is 2.36. The van der Waals surface area contributed by atoms with Crippen LogP contribution >= 0.6 is 0 Å². The van der Waals surface area contributed by atoms with E-state index in [2.05, 4.69) is 12.1 Å². The van der Waals surface area contributed by atoms with Gasteiger partial charge in [0.15, 0.2) is 5.78 Å². The number of carbonyl (C=O) groups is 1. The van der Waals surface area contributed by atoms with Gasteiger partial charge in [-0.25, -0.2) is 0 Å². The molecule has 1 atom stereocenters. The van der Waals surface area contributed by atoms with Gasteiger partial charge >= 0.3 is 0 Å². The van der Waals surface area contributed by atoms with Crippen LogP contribution in [-0.4, -0.2) is 5.78 Å². The van der Waals surface area contributed by atoms with Gasteiger partial charge in [0.25, 0.3) is 0 Å². The van der Waals surface area contributed by atoms with E-state index in [9.17, 15) is 4.79 Å². The van der Waals surface area contributed by atoms with Crippen LogP contribution in [0.5, 0.6) is 0 Å². The molecule has 0 radical (unpaired) electrons. The molecule has 2 heteroatoms. The van der Waals surface area contributed by atoms with Crippen molar-refractivity contribution < 1.29 is 9.53 Å². The second-order valence-electron chi connectivity index (χ2n) is 4.09. The van der Waals surface area contributed by atoms with E-state index in [1.807, 2.05) is 24.3 Å². The first-order chi connectivity index (χ1) is 7.86. The Morgan fingerprint density at radius 3 is 2.75 bits per heavy atom. The van der Waals surface area contributed by atoms with Crippen molar-refractivity contribution in [3.8, 4) is 0 Å². The van der Waals surface area contributed by atoms with Crippen molar-refractivity contribution in [1.29, 1.82) is 0 Å². The van der Waals surface area contributed by atoms with Crippen LogP contribution in [0.25, 0.3) is 0 Å². The Morgan fingerprint density at radius 2 is 1.94 bits per heavy atom. The van der Waals surface area contributed by atoms with Crippen LogP contribution in [0.2, 0.25) is 0 Å². The summed E-state index contributed by atoms with van der Waals surface area (Å²) in [5.74, 6) is 1.18. The van der Waals surface area contributed by atoms with Gasteiger partial charge in [-0.2, -0.15) is 0 Å². The minimum absolute atomic E-state index is 0.0833. The normalized spacial score (nSPS) is 23.2. The molecular formula is C14H12O2. The first-order valence-corrected chi connectivity index (χ1v) is 5.51. The van der Waals surface area contributed by atoms with Crippen LogP contribution < -0.4 is 0 Å². The molecule has 2 aliphatic rings. The highest BCUT2D eigenvalue weighted by Gasteiger charge is 2.32. The van der Waals surface area contributed by atoms with E-state index >= 15 is 0 Å². The van der Waals surface area contributed by atoms with Crippen molar-refractivity contribution in [3.63, 3.8) is 0 Å². The monoisotopic (exact) mass is 212 g/mol. The number of hydrogen-bond acceptors (Lipinski definition) is 2. The Hall–Kier alpha value is -1.83. The highest BCUT2D eigenvalue weighted by molar-refractivity contribution is 6.00. The highest BCUT2D eigenvalue weighted by atomic mass is 16.5. The quantitative estimate of drug-likeness (QED) is 0.715. The van der Waals surface area contributed by atoms with E-state index in [1.54, 1.807) is 6.26 Å². The minimum Gasteiger partial charge on any atom is -0.469 e. The van der Waals surface area contributed by atoms with Crippen LogP contribution in [0.1, 0.15) is 24.3 Å². The molecule has 1 aliphatic heterocycles. The molecule has 1 aromatic rings. The maximum atomic E-state index is 11.8. The highest BCUT2D eigenvalue weighted by Crippen LogP contribution is 2.38. The smallest absolute Gasteiger partial charge is 0.163 e. The van der Waals surface area contributed by atoms with E-state index < -0.39 is 0 Å². The Bertz CT molecular complexity index is 483. The number of allylic oxidation sites excluding steroid dienone is 3. The lowest BCUT2D eigenvalue weighted by Crippen LogP contribution is -2.10. The maximum Gasteiger partial charge on any atom is 0.163 e. The molecule has 0 saturated heterocycles. The summed E-state index contributed by atoms with van der Waals surface area (Å²) in [6.07, 6.45) is 5.00. The second-order valence-corrected chi connectivity index (χ2v) is 4.09. The molecule has 1 heterocycles. The Balaban J connectivity index is 2.04. The molecule has 0 N–H and O–H groups in total. The lowest BCUT2D eigenvalue weighted by Gasteiger charge is -2.19. The number of rotatable bonds is 1. The Labute approximate surface area is 94.2 Å². The van der Waals surface area contributed by atoms with Gasteiger partial charge in [0.2, 0.25) is 0 Å². The van der Waals surface area contributed by atoms with E-state index in [-0.39, 0.29) is 11.7 Å². The predicted octanol–water partition coefficient (Wildman–Crippen LogP) is 2.93. The van der Waals surface area contributed by atoms with E-state index in [0.717, 1.165) is 23.3 Å². The van der Waals surface area contributed by atoms with E-state index in [4.69, 9.17) is 4.74 Å². The van der Waals surface area contributed by atoms with Crippen LogP contribution in [0, 0.1) is 0 Å². The predicted molar refractivity (Wildman–Crippen MR) is 60.7 cm³/mol. The maximum absolute atomic E-state index is 11.8. The van der Waals surface area contributed by atoms with Gasteiger partial charge in [-0.3, -0.25) is 4.79 Å². The number of ketones is 1. The third-order valence-electron chi connectivity index (χ3n) is 3.13. The Morgan fingerprint density at radius 1 is 1.12 bits per heavy atom. The molecule has 0 fully saturated rings. The number of benzene rings is 1. The SMILES string of the molecule is O=C1CCC2=C1C(c1ccccc1)C=CO2. The molecule has 80 valence electrons. The van der Waals surface area contributed by atoms with Gasteiger partial charge in [-0.15, -0.1) is 0 Å². The largest absolute Gasteiger partial charge is 0.469 e. The number of hydrogen-bond donors (Lipinski definition) is 0. The topological polar surface area (TPSA) is 26.3 Å². The molecule has 2 nitrogen and oxygen atoms in total. The van der Waals surface area contributed by atoms with Crippen molar-refractivity contribution in [2.45, 2.75) is 18.8 Å². The van der Waals surface area contributed by atoms with Crippen molar-refractivity contribution in [2.75, 3.05) is 0 Å². The van der Waals surface area contributed by atoms with Crippen LogP contribution in [0.3, 0.4) is 0 Å². The summed E-state index contributed by atoms with van der Waals surface area (Å²) in [5.41, 5.74) is 2.01. The molecule has 3 rings (SSSR count). The first kappa shape index (κ1) is 9.40. The summed E-state index contributed by atoms with van der Waals surface area (Å²) in [7, 11) is 0. The number of ether oxygens (including phenoxy) is 1. The molecular weight excluding hydrogens is 200 g/mol. The van der Waals surface area contributed by atoms with Crippen molar-refractivity contribution in [3.05, 3.63) is 59.6 Å². The summed E-state index contributed by atoms with van der Waals surface area (Å²) in [6.45, 7) is 0. The molecule has 0 saturated carbocycles. The molecule has 1 aromatic carbocycles. The summed E-state index contributed by atoms with van der Waals surface area (Å²) < 4.78 is 5.40. The van der Waals surface area contributed by atoms with Gasteiger partial charge in [0, 0.05) is 24.3 Å². The van der Waals surface area contributed by atoms with Crippen LogP contribution in [0.15, 0.2) is 54.0 Å². The van der Waals surface area contributed by atoms with Crippen LogP contribution in [0.4, 0.5) is 0 Å². The molecule has 1 unspecified atom stereocenters. The van der Waals surface area contributed by atoms with Crippen molar-refractivity contribution in [2.24, 2.45) is 0 Å². The molecule has 1 aliphatic carbocycles. The zero-order valence-electron chi connectivity index (χ0n) is 8.85. The summed E-state index contributed by atoms with van der Waals surface area (Å²) in [4.78, 5) is 11.8. The fraction of sp³-hybridized carbons (Fsp3) is 0.214. The zero-order chi connectivity index (χ0) is 11.0. The first-order valence-electron chi connectivity index (χ1n) is 5.51. The third kappa shape index (κ3) is 1.38. The number of carbonyl (C=O) groups excluding carboxylic acids is 1. The minimum atomic E-state index is 0.0833. The third-order valence-corrected chi connectivity index (χ3v) is 3.13. The molecule has 0 bridgehead atoms. The molecule has 0 amide bonds. The van der Waals surface area contributed by atoms with Gasteiger partial charge in [0.05, 0.1) is 6.26 Å². The van der Waals surface area contributed by atoms with Crippen LogP contribution in [-0.2, 0) is 9.53 Å². The lowest BCUT2D eigenvalue weighted by atomic mass is 9.89. The molecule has 0 spiro atoms. The molecule has 16 heavy (non-hydrogen) atoms. The van der Waals surface area contributed by atoms with Crippen molar-refractivity contribution >= 4 is 5.78 Å². The van der Waals surface area contributed by atoms with Gasteiger partial charge in [0.1, 0.15) is 5.76 Å². The second kappa shape index (κ2) is 3.63. The lowest BCUT2D eigenvalue weighted by molar-refractivity contribution is -0.115. The number of Topliss-reactive ketones (excluding diaryl/α,β-unsaturated/α-hetero) is 1. The van der Waals surface area contributed by atoms with E-state index in [1.165, 1.54) is 0 Å². The van der Waals surface area contributed by atoms with Gasteiger partial charge in [-0.05, 0) is 11.6 Å². The summed E-state index contributed by atoms with van der Waals surface area (Å²) in [5, 5.41) is 0. The fourth-order valence-corrected chi connectivity index (χ4v) is 2.36. The average Bonchev–Trinajstić information content (AvgIpc) is 2.73. The van der Waals surface area contributed by atoms with Gasteiger partial charge < -0.3 is 4.74 Å². The molecule has 0 aromatic heterocycles. The standard InChI is InChI=1S/C14H12O2/c15-12-6-7-13-14(12)11(8-9-16-13)10-4-2-1-3-5-10/h1-5,8-9,11H,6-7H2. The Kier molecular flexibility index (Phi) is 2.13. The van der Waals surface area contributed by atoms with E-state index in [0.29, 0.717) is 6.42 Å². The van der Waals surface area contributed by atoms with Gasteiger partial charge in [-0.1, -0.05) is 30.3 Å².